The highest BCUT2D eigenvalue weighted by atomic mass is 19.1. The van der Waals surface area contributed by atoms with E-state index in [0.717, 1.165) is 49.9 Å². The number of esters is 2. The highest BCUT2D eigenvalue weighted by Gasteiger charge is 2.68. The molecule has 9 aliphatic rings. The van der Waals surface area contributed by atoms with Crippen LogP contribution in [0.3, 0.4) is 0 Å². The second-order valence-corrected chi connectivity index (χ2v) is 27.6. The summed E-state index contributed by atoms with van der Waals surface area (Å²) in [7, 11) is 2.75. The monoisotopic (exact) mass is 1290 g/mol. The number of carbonyl (C=O) groups excluding carboxylic acids is 5. The van der Waals surface area contributed by atoms with Crippen LogP contribution in [-0.4, -0.2) is 149 Å². The summed E-state index contributed by atoms with van der Waals surface area (Å²) in [6, 6.07) is 1.19. The quantitative estimate of drug-likeness (QED) is 0.0761. The Labute approximate surface area is 532 Å². The van der Waals surface area contributed by atoms with Gasteiger partial charge in [-0.3, -0.25) is 24.1 Å². The highest BCUT2D eigenvalue weighted by Crippen LogP contribution is 2.67. The molecule has 5 saturated carbocycles. The number of allylic oxidation sites excluding steroid dienone is 4. The lowest BCUT2D eigenvalue weighted by atomic mass is 9.46. The third-order valence-electron chi connectivity index (χ3n) is 22.5. The number of Topliss-reactive ketones (excluding diaryl/α,β-unsaturated/α-hetero) is 1. The molecule has 3 saturated heterocycles. The van der Waals surface area contributed by atoms with E-state index in [1.807, 2.05) is 24.8 Å². The van der Waals surface area contributed by atoms with E-state index in [9.17, 15) is 48.6 Å². The number of aliphatic hydroxyl groups excluding tert-OH is 1. The third-order valence-corrected chi connectivity index (χ3v) is 22.5. The second-order valence-electron chi connectivity index (χ2n) is 27.6. The number of anilines is 2. The molecule has 0 bridgehead atoms. The summed E-state index contributed by atoms with van der Waals surface area (Å²) in [6.07, 6.45) is 12.6. The first-order chi connectivity index (χ1) is 44.5. The lowest BCUT2D eigenvalue weighted by Gasteiger charge is -2.59. The van der Waals surface area contributed by atoms with Crippen molar-refractivity contribution in [3.8, 4) is 11.5 Å². The number of nitrogens with zero attached hydrogens (tertiary/aromatic N) is 6. The van der Waals surface area contributed by atoms with E-state index < -0.39 is 105 Å². The first kappa shape index (κ1) is 62.3. The van der Waals surface area contributed by atoms with Crippen molar-refractivity contribution in [3.63, 3.8) is 0 Å². The molecule has 25 heteroatoms. The number of rotatable bonds is 15. The Bertz CT molecular complexity index is 4240. The number of hydrogen-bond donors (Lipinski definition) is 2. The van der Waals surface area contributed by atoms with E-state index in [-0.39, 0.29) is 119 Å². The highest BCUT2D eigenvalue weighted by molar-refractivity contribution is 6.02. The standard InChI is InChI=1S/C68H76F2N6O17/c1-34-26-72(20-21-74(34)64(84)91-33-90-63(83)45-29-76(39-12-13-39)55-43(59(45)81)24-48(70)57(61(55)88-6)73-27-36-8-7-19-71(49(36)30-73)31-51-35(2)92-65(85)93-51)56-47(69)23-42-54(60(56)87-5)75(38-10-11-38)28-44(58(42)80)62(82)89-32-52(79)68(86)18-16-46-41-14-9-37-22-40(77)15-17-66(37,3)53(41)50(78)25-67(46,68)4/h15,17,22-24,28-29,34,36,38-39,41,46,49-50,53,78,86H,7-14,16,18-21,25-27,30-33H2,1-6H3/t34?,36?,41-,46-,49?,50-,53+,66-,67-,68-/m0/s1. The topological polar surface area (TPSA) is 272 Å². The molecule has 8 fully saturated rings. The first-order valence-corrected chi connectivity index (χ1v) is 32.4. The van der Waals surface area contributed by atoms with E-state index in [1.54, 1.807) is 40.0 Å². The number of carbonyl (C=O) groups is 5. The van der Waals surface area contributed by atoms with E-state index in [0.29, 0.717) is 68.8 Å². The van der Waals surface area contributed by atoms with Gasteiger partial charge in [0.05, 0.1) is 48.7 Å². The summed E-state index contributed by atoms with van der Waals surface area (Å²) in [5, 5.41) is 23.9. The van der Waals surface area contributed by atoms with Crippen molar-refractivity contribution in [1.29, 1.82) is 0 Å². The SMILES string of the molecule is COc1c(N2CC3CCCN(Cc4oc(=O)oc4C)C3C2)c(F)cc2c(=O)c(C(=O)OCOC(=O)N3CCN(c4c(F)cc5c(=O)c(C(=O)OCC(=O)[C@@]6(O)CC[C@H]7[C@@H]8CCC9=CC(=O)C=C[C@]9(C)[C@H]8[C@@H](O)C[C@@]76C)cn(C6CC6)c5c4OC)CC3C)cn(C3CC3)c12. The Kier molecular flexibility index (Phi) is 15.5. The average Bonchev–Trinajstić information content (AvgIpc) is 1.64. The molecule has 1 amide bonds. The maximum absolute atomic E-state index is 16.8. The number of aryl methyl sites for hydroxylation is 1. The van der Waals surface area contributed by atoms with Crippen molar-refractivity contribution in [2.75, 3.05) is 76.7 Å². The van der Waals surface area contributed by atoms with Crippen molar-refractivity contribution in [3.05, 3.63) is 114 Å². The second kappa shape index (κ2) is 23.1. The number of halogens is 2. The Morgan fingerprint density at radius 2 is 1.40 bits per heavy atom. The number of likely N-dealkylation sites (tertiary alicyclic amines) is 1. The molecule has 10 atom stereocenters. The summed E-state index contributed by atoms with van der Waals surface area (Å²) >= 11 is 0. The van der Waals surface area contributed by atoms with Gasteiger partial charge in [0.2, 0.25) is 23.4 Å². The Morgan fingerprint density at radius 1 is 0.763 bits per heavy atom. The zero-order valence-corrected chi connectivity index (χ0v) is 52.8. The maximum Gasteiger partial charge on any atom is 0.519 e. The number of hydrogen-bond acceptors (Lipinski definition) is 20. The fraction of sp³-hybridized carbons (Fsp3) is 0.559. The van der Waals surface area contributed by atoms with Crippen molar-refractivity contribution in [2.45, 2.75) is 141 Å². The third kappa shape index (κ3) is 10.2. The largest absolute Gasteiger partial charge is 0.519 e. The van der Waals surface area contributed by atoms with Crippen molar-refractivity contribution in [1.82, 2.24) is 18.9 Å². The molecule has 3 aliphatic heterocycles. The zero-order valence-electron chi connectivity index (χ0n) is 52.8. The van der Waals surface area contributed by atoms with Crippen LogP contribution in [0.25, 0.3) is 21.8 Å². The first-order valence-electron chi connectivity index (χ1n) is 32.4. The lowest BCUT2D eigenvalue weighted by molar-refractivity contribution is -0.178. The molecule has 494 valence electrons. The van der Waals surface area contributed by atoms with Gasteiger partial charge in [-0.05, 0) is 133 Å². The van der Waals surface area contributed by atoms with E-state index in [1.165, 1.54) is 31.5 Å². The smallest absolute Gasteiger partial charge is 0.492 e. The number of ketones is 2. The van der Waals surface area contributed by atoms with Crippen LogP contribution in [0.15, 0.2) is 71.5 Å². The van der Waals surface area contributed by atoms with Gasteiger partial charge in [-0.15, -0.1) is 0 Å². The molecule has 14 rings (SSSR count). The fourth-order valence-electron chi connectivity index (χ4n) is 17.6. The van der Waals surface area contributed by atoms with Crippen molar-refractivity contribution in [2.24, 2.45) is 34.5 Å². The number of amides is 1. The van der Waals surface area contributed by atoms with Crippen molar-refractivity contribution >= 4 is 62.8 Å². The number of piperidine rings is 1. The Hall–Kier alpha value is -8.16. The summed E-state index contributed by atoms with van der Waals surface area (Å²) in [5.41, 5.74) is -4.35. The molecule has 2 aromatic carbocycles. The molecule has 93 heavy (non-hydrogen) atoms. The van der Waals surface area contributed by atoms with Crippen LogP contribution >= 0.6 is 0 Å². The van der Waals surface area contributed by atoms with Crippen LogP contribution in [0.1, 0.15) is 136 Å². The van der Waals surface area contributed by atoms with Gasteiger partial charge in [-0.1, -0.05) is 25.5 Å². The van der Waals surface area contributed by atoms with Gasteiger partial charge in [0.25, 0.3) is 0 Å². The van der Waals surface area contributed by atoms with Gasteiger partial charge >= 0.3 is 23.9 Å². The van der Waals surface area contributed by atoms with Gasteiger partial charge in [0, 0.05) is 86.0 Å². The molecule has 6 aliphatic carbocycles. The molecule has 5 aromatic rings. The van der Waals surface area contributed by atoms with Gasteiger partial charge in [-0.2, -0.15) is 0 Å². The molecule has 2 N–H and O–H groups in total. The molecule has 3 aromatic heterocycles. The molecule has 3 unspecified atom stereocenters. The van der Waals surface area contributed by atoms with Gasteiger partial charge in [-0.25, -0.2) is 28.0 Å². The van der Waals surface area contributed by atoms with Crippen LogP contribution in [0, 0.1) is 53.1 Å². The minimum atomic E-state index is -1.95. The minimum absolute atomic E-state index is 0.00257. The number of methoxy groups -OCH3 is 2. The molecule has 0 radical (unpaired) electrons. The summed E-state index contributed by atoms with van der Waals surface area (Å²) < 4.78 is 75.7. The minimum Gasteiger partial charge on any atom is -0.492 e. The number of benzene rings is 2. The molecule has 23 nitrogen and oxygen atoms in total. The average molecular weight is 1290 g/mol. The predicted molar refractivity (Wildman–Crippen MR) is 330 cm³/mol. The summed E-state index contributed by atoms with van der Waals surface area (Å²) in [6.45, 7) is 7.65. The summed E-state index contributed by atoms with van der Waals surface area (Å²) in [5.74, 6) is -4.64. The number of pyridine rings is 2. The Morgan fingerprint density at radius 3 is 2.00 bits per heavy atom. The van der Waals surface area contributed by atoms with E-state index >= 15 is 8.78 Å². The molecule has 0 spiro atoms. The van der Waals surface area contributed by atoms with Gasteiger partial charge in [0.1, 0.15) is 33.9 Å². The van der Waals surface area contributed by atoms with Gasteiger partial charge < -0.3 is 66.6 Å². The van der Waals surface area contributed by atoms with Crippen LogP contribution in [0.4, 0.5) is 25.0 Å². The maximum atomic E-state index is 16.8. The van der Waals surface area contributed by atoms with E-state index in [4.69, 9.17) is 32.5 Å². The van der Waals surface area contributed by atoms with Crippen LogP contribution < -0.4 is 36.0 Å². The number of aliphatic hydroxyl groups is 2. The fourth-order valence-corrected chi connectivity index (χ4v) is 17.6. The lowest BCUT2D eigenvalue weighted by Crippen LogP contribution is -2.61. The number of piperazine rings is 1. The summed E-state index contributed by atoms with van der Waals surface area (Å²) in [4.78, 5) is 116. The number of ether oxygens (including phenoxy) is 5. The predicted octanol–water partition coefficient (Wildman–Crippen LogP) is 7.43. The normalized spacial score (nSPS) is 29.2. The van der Waals surface area contributed by atoms with Crippen LogP contribution in [0.5, 0.6) is 11.5 Å². The number of aromatic nitrogens is 2. The van der Waals surface area contributed by atoms with Crippen molar-refractivity contribution < 1.29 is 75.5 Å². The zero-order chi connectivity index (χ0) is 65.5. The molecular weight excluding hydrogens is 1210 g/mol. The molecular formula is C68H76F2N6O17. The van der Waals surface area contributed by atoms with Gasteiger partial charge in [0.15, 0.2) is 41.3 Å². The Balaban J connectivity index is 0.632. The van der Waals surface area contributed by atoms with Crippen LogP contribution in [-0.2, 0) is 30.3 Å². The molecule has 6 heterocycles. The van der Waals surface area contributed by atoms with Crippen LogP contribution in [0.2, 0.25) is 0 Å². The number of fused-ring (bicyclic) bond motifs is 8. The van der Waals surface area contributed by atoms with E-state index in [2.05, 4.69) is 4.90 Å².